The van der Waals surface area contributed by atoms with Gasteiger partial charge in [0.05, 0.1) is 0 Å². The maximum absolute atomic E-state index is 13.0. The minimum absolute atomic E-state index is 0.00992. The van der Waals surface area contributed by atoms with Crippen LogP contribution >= 0.6 is 11.6 Å². The molecule has 0 radical (unpaired) electrons. The predicted octanol–water partition coefficient (Wildman–Crippen LogP) is 4.87. The lowest BCUT2D eigenvalue weighted by atomic mass is 10.1. The van der Waals surface area contributed by atoms with Gasteiger partial charge in [0.25, 0.3) is 5.91 Å². The molecule has 0 aliphatic carbocycles. The van der Waals surface area contributed by atoms with Gasteiger partial charge in [-0.25, -0.2) is 4.79 Å². The van der Waals surface area contributed by atoms with Gasteiger partial charge in [-0.3, -0.25) is 4.79 Å². The van der Waals surface area contributed by atoms with Crippen molar-refractivity contribution in [1.82, 2.24) is 9.80 Å². The largest absolute Gasteiger partial charge is 0.337 e. The molecule has 0 bridgehead atoms. The molecular formula is C23H22ClN3O2. The number of halogens is 1. The highest BCUT2D eigenvalue weighted by atomic mass is 35.5. The number of urea groups is 1. The van der Waals surface area contributed by atoms with E-state index in [1.54, 1.807) is 29.2 Å². The number of benzene rings is 3. The highest BCUT2D eigenvalue weighted by Crippen LogP contribution is 2.18. The molecule has 1 N–H and O–H groups in total. The van der Waals surface area contributed by atoms with Crippen LogP contribution in [0.5, 0.6) is 0 Å². The van der Waals surface area contributed by atoms with Crippen molar-refractivity contribution in [3.63, 3.8) is 0 Å². The van der Waals surface area contributed by atoms with Gasteiger partial charge in [-0.2, -0.15) is 0 Å². The van der Waals surface area contributed by atoms with Gasteiger partial charge in [0, 0.05) is 42.5 Å². The molecule has 1 fully saturated rings. The lowest BCUT2D eigenvalue weighted by Crippen LogP contribution is -2.39. The molecule has 4 rings (SSSR count). The molecule has 0 saturated carbocycles. The number of nitrogens with one attached hydrogen (secondary N) is 1. The van der Waals surface area contributed by atoms with Gasteiger partial charge in [0.2, 0.25) is 0 Å². The molecule has 0 unspecified atom stereocenters. The SMILES string of the molecule is O=C(Nc1ccc(Cl)cc1)N1CCCN(C(=O)c2ccc3ccccc3c2)CC1. The van der Waals surface area contributed by atoms with Crippen LogP contribution in [0.2, 0.25) is 5.02 Å². The molecule has 3 aromatic carbocycles. The zero-order chi connectivity index (χ0) is 20.2. The third-order valence-electron chi connectivity index (χ3n) is 5.16. The summed E-state index contributed by atoms with van der Waals surface area (Å²) in [6, 6.07) is 20.7. The number of amides is 3. The summed E-state index contributed by atoms with van der Waals surface area (Å²) < 4.78 is 0. The number of nitrogens with zero attached hydrogens (tertiary/aromatic N) is 2. The van der Waals surface area contributed by atoms with Crippen molar-refractivity contribution in [3.05, 3.63) is 77.3 Å². The number of hydrogen-bond donors (Lipinski definition) is 1. The Kier molecular flexibility index (Phi) is 5.67. The second-order valence-corrected chi connectivity index (χ2v) is 7.57. The number of hydrogen-bond acceptors (Lipinski definition) is 2. The zero-order valence-electron chi connectivity index (χ0n) is 16.0. The fraction of sp³-hybridized carbons (Fsp3) is 0.217. The fourth-order valence-electron chi connectivity index (χ4n) is 3.56. The molecule has 0 spiro atoms. The van der Waals surface area contributed by atoms with Crippen molar-refractivity contribution in [3.8, 4) is 0 Å². The van der Waals surface area contributed by atoms with Crippen LogP contribution < -0.4 is 5.32 Å². The van der Waals surface area contributed by atoms with Crippen LogP contribution in [0.25, 0.3) is 10.8 Å². The fourth-order valence-corrected chi connectivity index (χ4v) is 3.69. The molecule has 3 aromatic rings. The molecule has 1 heterocycles. The molecule has 5 nitrogen and oxygen atoms in total. The number of fused-ring (bicyclic) bond motifs is 1. The number of carbonyl (C=O) groups excluding carboxylic acids is 2. The minimum Gasteiger partial charge on any atom is -0.337 e. The van der Waals surface area contributed by atoms with Crippen LogP contribution in [0.4, 0.5) is 10.5 Å². The normalized spacial score (nSPS) is 14.5. The molecule has 3 amide bonds. The van der Waals surface area contributed by atoms with Crippen molar-refractivity contribution < 1.29 is 9.59 Å². The Hall–Kier alpha value is -3.05. The third kappa shape index (κ3) is 4.51. The lowest BCUT2D eigenvalue weighted by Gasteiger charge is -2.22. The number of rotatable bonds is 2. The van der Waals surface area contributed by atoms with Gasteiger partial charge in [-0.1, -0.05) is 41.9 Å². The topological polar surface area (TPSA) is 52.7 Å². The quantitative estimate of drug-likeness (QED) is 0.658. The molecular weight excluding hydrogens is 386 g/mol. The van der Waals surface area contributed by atoms with E-state index in [4.69, 9.17) is 11.6 Å². The Bertz CT molecular complexity index is 1040. The maximum atomic E-state index is 13.0. The highest BCUT2D eigenvalue weighted by molar-refractivity contribution is 6.30. The van der Waals surface area contributed by atoms with E-state index < -0.39 is 0 Å². The van der Waals surface area contributed by atoms with Gasteiger partial charge in [-0.15, -0.1) is 0 Å². The zero-order valence-corrected chi connectivity index (χ0v) is 16.7. The second kappa shape index (κ2) is 8.53. The summed E-state index contributed by atoms with van der Waals surface area (Å²) >= 11 is 5.89. The number of carbonyl (C=O) groups is 2. The van der Waals surface area contributed by atoms with E-state index in [0.29, 0.717) is 42.5 Å². The predicted molar refractivity (Wildman–Crippen MR) is 117 cm³/mol. The van der Waals surface area contributed by atoms with Crippen molar-refractivity contribution in [1.29, 1.82) is 0 Å². The molecule has 0 atom stereocenters. The van der Waals surface area contributed by atoms with Crippen molar-refractivity contribution >= 4 is 40.0 Å². The summed E-state index contributed by atoms with van der Waals surface area (Å²) in [5.41, 5.74) is 1.38. The van der Waals surface area contributed by atoms with Gasteiger partial charge in [-0.05, 0) is 53.6 Å². The molecule has 148 valence electrons. The van der Waals surface area contributed by atoms with Crippen LogP contribution in [-0.4, -0.2) is 47.9 Å². The summed E-state index contributed by atoms with van der Waals surface area (Å²) in [4.78, 5) is 29.2. The average molecular weight is 408 g/mol. The molecule has 1 aliphatic heterocycles. The van der Waals surface area contributed by atoms with Gasteiger partial charge in [0.15, 0.2) is 0 Å². The molecule has 6 heteroatoms. The summed E-state index contributed by atoms with van der Waals surface area (Å²) in [6.45, 7) is 2.26. The number of anilines is 1. The molecule has 1 aliphatic rings. The maximum Gasteiger partial charge on any atom is 0.321 e. The first-order chi connectivity index (χ1) is 14.1. The summed E-state index contributed by atoms with van der Waals surface area (Å²) in [5.74, 6) is 0.00992. The summed E-state index contributed by atoms with van der Waals surface area (Å²) in [6.07, 6.45) is 0.743. The van der Waals surface area contributed by atoms with Crippen molar-refractivity contribution in [2.45, 2.75) is 6.42 Å². The van der Waals surface area contributed by atoms with E-state index >= 15 is 0 Å². The van der Waals surface area contributed by atoms with E-state index in [1.165, 1.54) is 0 Å². The first kappa shape index (κ1) is 19.3. The average Bonchev–Trinajstić information content (AvgIpc) is 3.01. The summed E-state index contributed by atoms with van der Waals surface area (Å²) in [5, 5.41) is 5.68. The van der Waals surface area contributed by atoms with Crippen LogP contribution in [0.1, 0.15) is 16.8 Å². The highest BCUT2D eigenvalue weighted by Gasteiger charge is 2.23. The molecule has 1 saturated heterocycles. The Morgan fingerprint density at radius 3 is 2.28 bits per heavy atom. The van der Waals surface area contributed by atoms with Crippen LogP contribution in [0.15, 0.2) is 66.7 Å². The van der Waals surface area contributed by atoms with Gasteiger partial charge in [0.1, 0.15) is 0 Å². The lowest BCUT2D eigenvalue weighted by molar-refractivity contribution is 0.0763. The van der Waals surface area contributed by atoms with E-state index in [2.05, 4.69) is 5.32 Å². The summed E-state index contributed by atoms with van der Waals surface area (Å²) in [7, 11) is 0. The first-order valence-corrected chi connectivity index (χ1v) is 10.1. The molecule has 29 heavy (non-hydrogen) atoms. The van der Waals surface area contributed by atoms with E-state index in [9.17, 15) is 9.59 Å². The third-order valence-corrected chi connectivity index (χ3v) is 5.41. The second-order valence-electron chi connectivity index (χ2n) is 7.13. The Morgan fingerprint density at radius 1 is 0.793 bits per heavy atom. The van der Waals surface area contributed by atoms with Crippen molar-refractivity contribution in [2.75, 3.05) is 31.5 Å². The Morgan fingerprint density at radius 2 is 1.48 bits per heavy atom. The minimum atomic E-state index is -0.160. The van der Waals surface area contributed by atoms with Crippen LogP contribution in [0.3, 0.4) is 0 Å². The van der Waals surface area contributed by atoms with Gasteiger partial charge < -0.3 is 15.1 Å². The Balaban J connectivity index is 1.40. The van der Waals surface area contributed by atoms with Crippen LogP contribution in [-0.2, 0) is 0 Å². The Labute approximate surface area is 174 Å². The smallest absolute Gasteiger partial charge is 0.321 e. The van der Waals surface area contributed by atoms with E-state index in [1.807, 2.05) is 47.4 Å². The standard InChI is InChI=1S/C23H22ClN3O2/c24-20-8-10-21(11-9-20)25-23(29)27-13-3-12-26(14-15-27)22(28)19-7-6-17-4-1-2-5-18(17)16-19/h1-2,4-11,16H,3,12-15H2,(H,25,29). The van der Waals surface area contributed by atoms with Gasteiger partial charge >= 0.3 is 6.03 Å². The van der Waals surface area contributed by atoms with E-state index in [-0.39, 0.29) is 11.9 Å². The molecule has 0 aromatic heterocycles. The van der Waals surface area contributed by atoms with E-state index in [0.717, 1.165) is 17.2 Å². The van der Waals surface area contributed by atoms with Crippen molar-refractivity contribution in [2.24, 2.45) is 0 Å². The van der Waals surface area contributed by atoms with Crippen LogP contribution in [0, 0.1) is 0 Å². The first-order valence-electron chi connectivity index (χ1n) is 9.70. The monoisotopic (exact) mass is 407 g/mol.